The van der Waals surface area contributed by atoms with E-state index in [1.54, 1.807) is 0 Å². The predicted octanol–water partition coefficient (Wildman–Crippen LogP) is 0.952. The Morgan fingerprint density at radius 3 is 2.64 bits per heavy atom. The van der Waals surface area contributed by atoms with Crippen LogP contribution in [0.2, 0.25) is 0 Å². The molecule has 0 aromatic heterocycles. The molecule has 0 bridgehead atoms. The minimum atomic E-state index is -1.39. The van der Waals surface area contributed by atoms with Gasteiger partial charge in [-0.25, -0.2) is 4.39 Å². The van der Waals surface area contributed by atoms with Gasteiger partial charge in [-0.15, -0.1) is 0 Å². The van der Waals surface area contributed by atoms with E-state index in [0.29, 0.717) is 0 Å². The highest BCUT2D eigenvalue weighted by atomic mass is 79.9. The molecule has 0 atom stereocenters. The summed E-state index contributed by atoms with van der Waals surface area (Å²) >= 11 is 2.78. The molecule has 2 nitrogen and oxygen atoms in total. The highest BCUT2D eigenvalue weighted by Crippen LogP contribution is 2.19. The molecule has 0 aliphatic carbocycles. The number of benzene rings is 1. The summed E-state index contributed by atoms with van der Waals surface area (Å²) in [5.74, 6) is -2.00. The van der Waals surface area contributed by atoms with E-state index in [1.165, 1.54) is 12.1 Å². The molecule has 0 aliphatic heterocycles. The summed E-state index contributed by atoms with van der Waals surface area (Å²) in [6, 6.07) is 3.74. The Hall–Kier alpha value is -0.900. The number of hydrogen-bond donors (Lipinski definition) is 0. The summed E-state index contributed by atoms with van der Waals surface area (Å²) in [7, 11) is 0. The second-order valence-corrected chi connectivity index (χ2v) is 2.68. The number of halogens is 2. The van der Waals surface area contributed by atoms with Gasteiger partial charge in [-0.05, 0) is 22.0 Å². The van der Waals surface area contributed by atoms with Gasteiger partial charge in [-0.2, -0.15) is 0 Å². The lowest BCUT2D eigenvalue weighted by Gasteiger charge is -2.04. The Bertz CT molecular complexity index is 298. The summed E-state index contributed by atoms with van der Waals surface area (Å²) in [5, 5.41) is 10.3. The van der Waals surface area contributed by atoms with E-state index in [9.17, 15) is 14.3 Å². The van der Waals surface area contributed by atoms with Crippen LogP contribution in [0, 0.1) is 5.82 Å². The van der Waals surface area contributed by atoms with Crippen molar-refractivity contribution < 1.29 is 14.3 Å². The van der Waals surface area contributed by atoms with Crippen molar-refractivity contribution in [3.63, 3.8) is 0 Å². The summed E-state index contributed by atoms with van der Waals surface area (Å²) in [6.07, 6.45) is 0. The molecule has 58 valence electrons. The second kappa shape index (κ2) is 3.00. The molecule has 0 saturated heterocycles. The molecule has 4 heteroatoms. The zero-order valence-electron chi connectivity index (χ0n) is 5.30. The van der Waals surface area contributed by atoms with E-state index < -0.39 is 11.8 Å². The SMILES string of the molecule is O=C([O-])c1cccc(F)c1Br. The van der Waals surface area contributed by atoms with Gasteiger partial charge in [-0.3, -0.25) is 0 Å². The van der Waals surface area contributed by atoms with Crippen molar-refractivity contribution in [1.82, 2.24) is 0 Å². The number of rotatable bonds is 1. The van der Waals surface area contributed by atoms with Crippen LogP contribution in [0.5, 0.6) is 0 Å². The molecule has 0 fully saturated rings. The molecular weight excluding hydrogens is 215 g/mol. The lowest BCUT2D eigenvalue weighted by Crippen LogP contribution is -2.22. The molecule has 0 amide bonds. The Balaban J connectivity index is 3.27. The van der Waals surface area contributed by atoms with Crippen molar-refractivity contribution >= 4 is 21.9 Å². The molecule has 0 spiro atoms. The number of carbonyl (C=O) groups excluding carboxylic acids is 1. The van der Waals surface area contributed by atoms with E-state index in [1.807, 2.05) is 0 Å². The first kappa shape index (κ1) is 8.20. The van der Waals surface area contributed by atoms with E-state index >= 15 is 0 Å². The molecular formula is C7H3BrFO2-. The summed E-state index contributed by atoms with van der Waals surface area (Å²) in [4.78, 5) is 10.3. The summed E-state index contributed by atoms with van der Waals surface area (Å²) in [6.45, 7) is 0. The molecule has 1 aromatic carbocycles. The first-order valence-corrected chi connectivity index (χ1v) is 3.57. The Labute approximate surface area is 70.8 Å². The standard InChI is InChI=1S/C7H4BrFO2/c8-6-4(7(10)11)2-1-3-5(6)9/h1-3H,(H,10,11)/p-1. The van der Waals surface area contributed by atoms with Gasteiger partial charge in [0.2, 0.25) is 0 Å². The molecule has 0 unspecified atom stereocenters. The largest absolute Gasteiger partial charge is 0.545 e. The monoisotopic (exact) mass is 217 g/mol. The molecule has 0 radical (unpaired) electrons. The van der Waals surface area contributed by atoms with Crippen LogP contribution >= 0.6 is 15.9 Å². The van der Waals surface area contributed by atoms with Crippen molar-refractivity contribution in [2.75, 3.05) is 0 Å². The Morgan fingerprint density at radius 1 is 1.55 bits per heavy atom. The average molecular weight is 218 g/mol. The molecule has 0 N–H and O–H groups in total. The van der Waals surface area contributed by atoms with E-state index in [2.05, 4.69) is 15.9 Å². The maximum Gasteiger partial charge on any atom is 0.138 e. The highest BCUT2D eigenvalue weighted by Gasteiger charge is 2.04. The number of aromatic carboxylic acids is 1. The number of hydrogen-bond acceptors (Lipinski definition) is 2. The lowest BCUT2D eigenvalue weighted by molar-refractivity contribution is -0.255. The molecule has 0 saturated carbocycles. The Morgan fingerprint density at radius 2 is 2.18 bits per heavy atom. The predicted molar refractivity (Wildman–Crippen MR) is 38.4 cm³/mol. The third-order valence-electron chi connectivity index (χ3n) is 1.17. The molecule has 1 rings (SSSR count). The van der Waals surface area contributed by atoms with Crippen molar-refractivity contribution in [2.45, 2.75) is 0 Å². The first-order valence-electron chi connectivity index (χ1n) is 2.78. The van der Waals surface area contributed by atoms with Gasteiger partial charge in [0, 0.05) is 5.56 Å². The first-order chi connectivity index (χ1) is 5.13. The summed E-state index contributed by atoms with van der Waals surface area (Å²) in [5.41, 5.74) is -0.176. The van der Waals surface area contributed by atoms with Gasteiger partial charge in [0.15, 0.2) is 0 Å². The fraction of sp³-hybridized carbons (Fsp3) is 0. The van der Waals surface area contributed by atoms with Gasteiger partial charge in [0.1, 0.15) is 5.82 Å². The van der Waals surface area contributed by atoms with Crippen LogP contribution in [0.3, 0.4) is 0 Å². The van der Waals surface area contributed by atoms with E-state index in [0.717, 1.165) is 6.07 Å². The third-order valence-corrected chi connectivity index (χ3v) is 1.98. The van der Waals surface area contributed by atoms with Crippen LogP contribution in [0.15, 0.2) is 22.7 Å². The summed E-state index contributed by atoms with van der Waals surface area (Å²) < 4.78 is 12.5. The van der Waals surface area contributed by atoms with Crippen molar-refractivity contribution in [1.29, 1.82) is 0 Å². The smallest absolute Gasteiger partial charge is 0.138 e. The van der Waals surface area contributed by atoms with Crippen LogP contribution in [-0.4, -0.2) is 5.97 Å². The van der Waals surface area contributed by atoms with Gasteiger partial charge in [-0.1, -0.05) is 12.1 Å². The van der Waals surface area contributed by atoms with E-state index in [4.69, 9.17) is 0 Å². The minimum Gasteiger partial charge on any atom is -0.545 e. The van der Waals surface area contributed by atoms with Gasteiger partial charge < -0.3 is 9.90 Å². The number of carboxylic acid groups (broad SMARTS) is 1. The normalized spacial score (nSPS) is 9.64. The molecule has 11 heavy (non-hydrogen) atoms. The second-order valence-electron chi connectivity index (χ2n) is 1.89. The van der Waals surface area contributed by atoms with Crippen LogP contribution in [0.25, 0.3) is 0 Å². The molecule has 1 aromatic rings. The maximum absolute atomic E-state index is 12.6. The van der Waals surface area contributed by atoms with Crippen molar-refractivity contribution in [2.24, 2.45) is 0 Å². The van der Waals surface area contributed by atoms with Gasteiger partial charge >= 0.3 is 0 Å². The van der Waals surface area contributed by atoms with E-state index in [-0.39, 0.29) is 10.0 Å². The van der Waals surface area contributed by atoms with Crippen molar-refractivity contribution in [3.8, 4) is 0 Å². The van der Waals surface area contributed by atoms with Gasteiger partial charge in [0.05, 0.1) is 10.4 Å². The highest BCUT2D eigenvalue weighted by molar-refractivity contribution is 9.10. The zero-order valence-corrected chi connectivity index (χ0v) is 6.89. The maximum atomic E-state index is 12.6. The fourth-order valence-corrected chi connectivity index (χ4v) is 1.09. The number of carbonyl (C=O) groups is 1. The lowest BCUT2D eigenvalue weighted by atomic mass is 10.2. The minimum absolute atomic E-state index is 0.0694. The zero-order chi connectivity index (χ0) is 8.43. The number of carboxylic acids is 1. The van der Waals surface area contributed by atoms with Crippen LogP contribution < -0.4 is 5.11 Å². The van der Waals surface area contributed by atoms with Crippen LogP contribution in [0.1, 0.15) is 10.4 Å². The fourth-order valence-electron chi connectivity index (χ4n) is 0.661. The Kier molecular flexibility index (Phi) is 2.24. The molecule has 0 heterocycles. The van der Waals surface area contributed by atoms with Crippen LogP contribution in [-0.2, 0) is 0 Å². The van der Waals surface area contributed by atoms with Crippen LogP contribution in [0.4, 0.5) is 4.39 Å². The third kappa shape index (κ3) is 1.57. The van der Waals surface area contributed by atoms with Crippen molar-refractivity contribution in [3.05, 3.63) is 34.1 Å². The quantitative estimate of drug-likeness (QED) is 0.703. The topological polar surface area (TPSA) is 40.1 Å². The average Bonchev–Trinajstić information content (AvgIpc) is 1.94. The molecule has 0 aliphatic rings. The van der Waals surface area contributed by atoms with Gasteiger partial charge in [0.25, 0.3) is 0 Å².